The van der Waals surface area contributed by atoms with Gasteiger partial charge in [0.25, 0.3) is 0 Å². The number of hydrogen-bond acceptors (Lipinski definition) is 6. The van der Waals surface area contributed by atoms with Crippen molar-refractivity contribution in [3.63, 3.8) is 0 Å². The molecule has 128 valence electrons. The Morgan fingerprint density at radius 3 is 2.25 bits per heavy atom. The second-order valence-electron chi connectivity index (χ2n) is 6.08. The molecule has 0 bridgehead atoms. The summed E-state index contributed by atoms with van der Waals surface area (Å²) in [6.07, 6.45) is 2.24. The van der Waals surface area contributed by atoms with E-state index in [0.29, 0.717) is 5.75 Å². The molecule has 0 spiro atoms. The van der Waals surface area contributed by atoms with Crippen LogP contribution in [0.5, 0.6) is 5.75 Å². The number of benzene rings is 1. The van der Waals surface area contributed by atoms with Gasteiger partial charge in [-0.15, -0.1) is 10.2 Å². The minimum absolute atomic E-state index is 0.0400. The largest absolute Gasteiger partial charge is 0.497 e. The van der Waals surface area contributed by atoms with E-state index < -0.39 is 9.84 Å². The van der Waals surface area contributed by atoms with Gasteiger partial charge in [-0.1, -0.05) is 6.92 Å². The summed E-state index contributed by atoms with van der Waals surface area (Å²) < 4.78 is 30.3. The molecule has 24 heavy (non-hydrogen) atoms. The molecule has 7 heteroatoms. The van der Waals surface area contributed by atoms with Gasteiger partial charge in [0.1, 0.15) is 5.75 Å². The third-order valence-corrected chi connectivity index (χ3v) is 6.04. The van der Waals surface area contributed by atoms with Gasteiger partial charge in [-0.25, -0.2) is 8.42 Å². The molecule has 0 radical (unpaired) electrons. The van der Waals surface area contributed by atoms with E-state index in [1.165, 1.54) is 25.3 Å². The normalized spacial score (nSPS) is 16.2. The molecule has 3 rings (SSSR count). The van der Waals surface area contributed by atoms with Gasteiger partial charge in [0.15, 0.2) is 10.8 Å². The van der Waals surface area contributed by atoms with Gasteiger partial charge in [-0.2, -0.15) is 0 Å². The molecule has 0 amide bonds. The number of anilines is 1. The van der Waals surface area contributed by atoms with Crippen molar-refractivity contribution in [1.29, 1.82) is 0 Å². The number of aromatic nitrogens is 2. The van der Waals surface area contributed by atoms with E-state index in [9.17, 15) is 8.42 Å². The summed E-state index contributed by atoms with van der Waals surface area (Å²) in [7, 11) is -2.13. The van der Waals surface area contributed by atoms with Gasteiger partial charge in [0.2, 0.25) is 9.84 Å². The molecule has 1 aliphatic rings. The van der Waals surface area contributed by atoms with Crippen molar-refractivity contribution < 1.29 is 13.2 Å². The standard InChI is InChI=1S/C17H21N3O3S/c1-13-9-11-20(12-10-13)16-7-8-17(19-18-16)24(21,22)15-5-3-14(23-2)4-6-15/h3-8,13H,9-12H2,1-2H3. The fourth-order valence-corrected chi connectivity index (χ4v) is 3.87. The minimum atomic E-state index is -3.67. The Morgan fingerprint density at radius 1 is 1.04 bits per heavy atom. The molecule has 0 atom stereocenters. The van der Waals surface area contributed by atoms with Crippen LogP contribution in [0.4, 0.5) is 5.82 Å². The number of rotatable bonds is 4. The molecule has 1 saturated heterocycles. The maximum absolute atomic E-state index is 12.6. The molecule has 0 aliphatic carbocycles. The summed E-state index contributed by atoms with van der Waals surface area (Å²) in [6, 6.07) is 9.51. The van der Waals surface area contributed by atoms with Crippen LogP contribution < -0.4 is 9.64 Å². The summed E-state index contributed by atoms with van der Waals surface area (Å²) in [5.41, 5.74) is 0. The van der Waals surface area contributed by atoms with E-state index in [0.717, 1.165) is 37.7 Å². The lowest BCUT2D eigenvalue weighted by Crippen LogP contribution is -2.33. The van der Waals surface area contributed by atoms with Crippen LogP contribution in [-0.2, 0) is 9.84 Å². The molecule has 1 aromatic carbocycles. The van der Waals surface area contributed by atoms with Crippen molar-refractivity contribution in [2.24, 2.45) is 5.92 Å². The molecular formula is C17H21N3O3S. The Balaban J connectivity index is 1.81. The van der Waals surface area contributed by atoms with Crippen molar-refractivity contribution in [1.82, 2.24) is 10.2 Å². The van der Waals surface area contributed by atoms with E-state index in [4.69, 9.17) is 4.74 Å². The lowest BCUT2D eigenvalue weighted by Gasteiger charge is -2.30. The van der Waals surface area contributed by atoms with Crippen LogP contribution in [0.25, 0.3) is 0 Å². The maximum atomic E-state index is 12.6. The van der Waals surface area contributed by atoms with Crippen molar-refractivity contribution in [3.05, 3.63) is 36.4 Å². The van der Waals surface area contributed by atoms with Gasteiger partial charge in [0.05, 0.1) is 12.0 Å². The predicted octanol–water partition coefficient (Wildman–Crippen LogP) is 2.55. The number of nitrogens with zero attached hydrogens (tertiary/aromatic N) is 3. The first-order valence-corrected chi connectivity index (χ1v) is 9.47. The monoisotopic (exact) mass is 347 g/mol. The second-order valence-corrected chi connectivity index (χ2v) is 7.97. The molecule has 2 aromatic rings. The Bertz CT molecular complexity index is 781. The highest BCUT2D eigenvalue weighted by molar-refractivity contribution is 7.91. The second kappa shape index (κ2) is 6.76. The summed E-state index contributed by atoms with van der Waals surface area (Å²) in [4.78, 5) is 2.33. The van der Waals surface area contributed by atoms with Crippen LogP contribution in [0.2, 0.25) is 0 Å². The first-order valence-electron chi connectivity index (χ1n) is 7.98. The first-order chi connectivity index (χ1) is 11.5. The quantitative estimate of drug-likeness (QED) is 0.846. The summed E-state index contributed by atoms with van der Waals surface area (Å²) >= 11 is 0. The molecule has 6 nitrogen and oxygen atoms in total. The molecule has 0 saturated carbocycles. The number of ether oxygens (including phenoxy) is 1. The van der Waals surface area contributed by atoms with Crippen LogP contribution in [0.1, 0.15) is 19.8 Å². The Labute approximate surface area is 142 Å². The summed E-state index contributed by atoms with van der Waals surface area (Å²) in [5.74, 6) is 2.06. The predicted molar refractivity (Wildman–Crippen MR) is 91.1 cm³/mol. The molecule has 2 heterocycles. The molecular weight excluding hydrogens is 326 g/mol. The highest BCUT2D eigenvalue weighted by atomic mass is 32.2. The van der Waals surface area contributed by atoms with E-state index >= 15 is 0 Å². The van der Waals surface area contributed by atoms with Crippen LogP contribution in [0, 0.1) is 5.92 Å². The van der Waals surface area contributed by atoms with E-state index in [-0.39, 0.29) is 9.92 Å². The van der Waals surface area contributed by atoms with Crippen molar-refractivity contribution in [2.75, 3.05) is 25.1 Å². The molecule has 1 fully saturated rings. The number of methoxy groups -OCH3 is 1. The summed E-state index contributed by atoms with van der Waals surface area (Å²) in [5, 5.41) is 8.04. The van der Waals surface area contributed by atoms with Crippen molar-refractivity contribution >= 4 is 15.7 Å². The number of piperidine rings is 1. The first kappa shape index (κ1) is 16.7. The van der Waals surface area contributed by atoms with Crippen molar-refractivity contribution in [3.8, 4) is 5.75 Å². The average Bonchev–Trinajstić information content (AvgIpc) is 2.62. The Hall–Kier alpha value is -2.15. The SMILES string of the molecule is COc1ccc(S(=O)(=O)c2ccc(N3CCC(C)CC3)nn2)cc1. The highest BCUT2D eigenvalue weighted by Crippen LogP contribution is 2.24. The highest BCUT2D eigenvalue weighted by Gasteiger charge is 2.22. The Kier molecular flexibility index (Phi) is 4.71. The molecule has 0 N–H and O–H groups in total. The van der Waals surface area contributed by atoms with Crippen LogP contribution in [0.3, 0.4) is 0 Å². The molecule has 1 aliphatic heterocycles. The Morgan fingerprint density at radius 2 is 1.71 bits per heavy atom. The van der Waals surface area contributed by atoms with Gasteiger partial charge < -0.3 is 9.64 Å². The smallest absolute Gasteiger partial charge is 0.225 e. The molecule has 1 aromatic heterocycles. The van der Waals surface area contributed by atoms with E-state index in [1.807, 2.05) is 0 Å². The van der Waals surface area contributed by atoms with Gasteiger partial charge >= 0.3 is 0 Å². The zero-order chi connectivity index (χ0) is 17.2. The van der Waals surface area contributed by atoms with Crippen LogP contribution in [0.15, 0.2) is 46.3 Å². The zero-order valence-corrected chi connectivity index (χ0v) is 14.7. The fraction of sp³-hybridized carbons (Fsp3) is 0.412. The third kappa shape index (κ3) is 3.36. The average molecular weight is 347 g/mol. The van der Waals surface area contributed by atoms with Crippen molar-refractivity contribution in [2.45, 2.75) is 29.7 Å². The van der Waals surface area contributed by atoms with Crippen LogP contribution >= 0.6 is 0 Å². The molecule has 0 unspecified atom stereocenters. The zero-order valence-electron chi connectivity index (χ0n) is 13.8. The number of hydrogen-bond donors (Lipinski definition) is 0. The van der Waals surface area contributed by atoms with E-state index in [1.54, 1.807) is 18.2 Å². The van der Waals surface area contributed by atoms with E-state index in [2.05, 4.69) is 22.0 Å². The summed E-state index contributed by atoms with van der Waals surface area (Å²) in [6.45, 7) is 4.11. The van der Waals surface area contributed by atoms with Gasteiger partial charge in [-0.05, 0) is 55.2 Å². The lowest BCUT2D eigenvalue weighted by atomic mass is 9.99. The number of sulfone groups is 1. The lowest BCUT2D eigenvalue weighted by molar-refractivity contribution is 0.414. The van der Waals surface area contributed by atoms with Crippen LogP contribution in [-0.4, -0.2) is 38.8 Å². The third-order valence-electron chi connectivity index (χ3n) is 4.38. The topological polar surface area (TPSA) is 72.4 Å². The van der Waals surface area contributed by atoms with Gasteiger partial charge in [0, 0.05) is 13.1 Å². The fourth-order valence-electron chi connectivity index (χ4n) is 2.74. The maximum Gasteiger partial charge on any atom is 0.225 e. The van der Waals surface area contributed by atoms with Gasteiger partial charge in [-0.3, -0.25) is 0 Å². The minimum Gasteiger partial charge on any atom is -0.497 e.